The Labute approximate surface area is 135 Å². The first kappa shape index (κ1) is 16.4. The fraction of sp³-hybridized carbons (Fsp3) is 0.538. The molecule has 0 spiro atoms. The molecule has 3 rings (SSSR count). The molecule has 5 N–H and O–H groups in total. The summed E-state index contributed by atoms with van der Waals surface area (Å²) < 4.78 is 11.8. The zero-order valence-electron chi connectivity index (χ0n) is 12.7. The van der Waals surface area contributed by atoms with Crippen molar-refractivity contribution in [1.29, 1.82) is 0 Å². The third-order valence-corrected chi connectivity index (χ3v) is 3.76. The van der Waals surface area contributed by atoms with Crippen molar-refractivity contribution in [2.24, 2.45) is 0 Å². The van der Waals surface area contributed by atoms with Crippen LogP contribution >= 0.6 is 0 Å². The van der Waals surface area contributed by atoms with E-state index < -0.39 is 36.1 Å². The number of aromatic nitrogens is 4. The number of rotatable bonds is 4. The molecule has 1 aliphatic rings. The number of nitrogen functional groups attached to an aromatic ring is 1. The molecule has 11 heteroatoms. The van der Waals surface area contributed by atoms with Gasteiger partial charge in [0.25, 0.3) is 5.56 Å². The van der Waals surface area contributed by atoms with Crippen molar-refractivity contribution >= 4 is 23.1 Å². The minimum Gasteiger partial charge on any atom is -0.463 e. The van der Waals surface area contributed by atoms with E-state index in [9.17, 15) is 19.8 Å². The highest BCUT2D eigenvalue weighted by atomic mass is 16.6. The van der Waals surface area contributed by atoms with Gasteiger partial charge in [0.05, 0.1) is 6.33 Å². The second-order valence-corrected chi connectivity index (χ2v) is 5.36. The molecule has 4 atom stereocenters. The van der Waals surface area contributed by atoms with Crippen LogP contribution in [-0.2, 0) is 14.3 Å². The molecular weight excluding hydrogens is 322 g/mol. The quantitative estimate of drug-likeness (QED) is 0.474. The molecule has 1 aliphatic heterocycles. The Bertz CT molecular complexity index is 817. The number of nitrogens with zero attached hydrogens (tertiary/aromatic N) is 3. The summed E-state index contributed by atoms with van der Waals surface area (Å²) in [7, 11) is 0. The van der Waals surface area contributed by atoms with Crippen molar-refractivity contribution in [2.75, 3.05) is 12.3 Å². The summed E-state index contributed by atoms with van der Waals surface area (Å²) in [5.41, 5.74) is 5.12. The monoisotopic (exact) mass is 339 g/mol. The number of carbonyl (C=O) groups excluding carboxylic acids is 1. The molecule has 0 unspecified atom stereocenters. The van der Waals surface area contributed by atoms with E-state index in [1.807, 2.05) is 0 Å². The average Bonchev–Trinajstić information content (AvgIpc) is 3.08. The zero-order chi connectivity index (χ0) is 17.4. The van der Waals surface area contributed by atoms with Gasteiger partial charge in [-0.2, -0.15) is 4.98 Å². The summed E-state index contributed by atoms with van der Waals surface area (Å²) in [5.74, 6) is -0.562. The molecule has 0 amide bonds. The maximum atomic E-state index is 11.8. The van der Waals surface area contributed by atoms with Crippen molar-refractivity contribution in [3.63, 3.8) is 0 Å². The number of carbonyl (C=O) groups is 1. The minimum atomic E-state index is -1.32. The smallest absolute Gasteiger partial charge is 0.305 e. The lowest BCUT2D eigenvalue weighted by Gasteiger charge is -2.16. The first-order valence-electron chi connectivity index (χ1n) is 7.32. The number of anilines is 1. The molecule has 3 heterocycles. The van der Waals surface area contributed by atoms with Crippen LogP contribution in [-0.4, -0.2) is 60.6 Å². The van der Waals surface area contributed by atoms with Gasteiger partial charge in [0, 0.05) is 6.42 Å². The Kier molecular flexibility index (Phi) is 4.22. The Morgan fingerprint density at radius 3 is 2.96 bits per heavy atom. The lowest BCUT2D eigenvalue weighted by atomic mass is 10.1. The number of imidazole rings is 1. The Balaban J connectivity index is 1.87. The Morgan fingerprint density at radius 1 is 1.50 bits per heavy atom. The molecule has 2 aromatic rings. The van der Waals surface area contributed by atoms with Gasteiger partial charge in [-0.15, -0.1) is 0 Å². The van der Waals surface area contributed by atoms with Crippen LogP contribution in [0.15, 0.2) is 11.1 Å². The molecule has 0 saturated carbocycles. The number of hydrogen-bond acceptors (Lipinski definition) is 9. The van der Waals surface area contributed by atoms with Crippen LogP contribution in [0.5, 0.6) is 0 Å². The third kappa shape index (κ3) is 2.72. The van der Waals surface area contributed by atoms with E-state index in [1.165, 1.54) is 10.9 Å². The van der Waals surface area contributed by atoms with Crippen molar-refractivity contribution in [1.82, 2.24) is 19.5 Å². The number of hydrogen-bond donors (Lipinski definition) is 4. The Morgan fingerprint density at radius 2 is 2.25 bits per heavy atom. The van der Waals surface area contributed by atoms with E-state index >= 15 is 0 Å². The number of fused-ring (bicyclic) bond motifs is 1. The molecule has 0 radical (unpaired) electrons. The minimum absolute atomic E-state index is 0.0235. The van der Waals surface area contributed by atoms with Crippen LogP contribution in [0.1, 0.15) is 19.6 Å². The summed E-state index contributed by atoms with van der Waals surface area (Å²) in [6, 6.07) is 0. The standard InChI is InChI=1S/C13H17N5O6/c1-2-6(19)23-3-5-8(20)9(21)12(24-5)18-4-15-7-10(18)16-13(14)17-11(7)22/h4-5,8-9,12,20-21H,2-3H2,1H3,(H3,14,16,17,22)/t5-,8-,9-,12-/m1/s1. The van der Waals surface area contributed by atoms with E-state index in [-0.39, 0.29) is 30.1 Å². The second kappa shape index (κ2) is 6.19. The van der Waals surface area contributed by atoms with Gasteiger partial charge in [-0.05, 0) is 0 Å². The number of aliphatic hydroxyl groups is 2. The summed E-state index contributed by atoms with van der Waals surface area (Å²) in [6.07, 6.45) is -3.13. The highest BCUT2D eigenvalue weighted by Crippen LogP contribution is 2.31. The number of aromatic amines is 1. The van der Waals surface area contributed by atoms with E-state index in [2.05, 4.69) is 15.0 Å². The number of H-pyrrole nitrogens is 1. The van der Waals surface area contributed by atoms with Gasteiger partial charge >= 0.3 is 5.97 Å². The second-order valence-electron chi connectivity index (χ2n) is 5.36. The Hall–Kier alpha value is -2.50. The highest BCUT2D eigenvalue weighted by molar-refractivity contribution is 5.70. The fourth-order valence-corrected chi connectivity index (χ4v) is 2.50. The van der Waals surface area contributed by atoms with E-state index in [4.69, 9.17) is 15.2 Å². The summed E-state index contributed by atoms with van der Waals surface area (Å²) in [6.45, 7) is 1.43. The van der Waals surface area contributed by atoms with Crippen LogP contribution in [0.4, 0.5) is 5.95 Å². The van der Waals surface area contributed by atoms with Gasteiger partial charge in [-0.1, -0.05) is 6.92 Å². The number of nitrogens with two attached hydrogens (primary N) is 1. The highest BCUT2D eigenvalue weighted by Gasteiger charge is 2.44. The molecule has 130 valence electrons. The number of ether oxygens (including phenoxy) is 2. The van der Waals surface area contributed by atoms with Crippen LogP contribution in [0.3, 0.4) is 0 Å². The van der Waals surface area contributed by atoms with Gasteiger partial charge in [-0.25, -0.2) is 4.98 Å². The third-order valence-electron chi connectivity index (χ3n) is 3.76. The lowest BCUT2D eigenvalue weighted by molar-refractivity contribution is -0.149. The maximum absolute atomic E-state index is 11.8. The normalized spacial score (nSPS) is 26.8. The van der Waals surface area contributed by atoms with Crippen molar-refractivity contribution < 1.29 is 24.5 Å². The van der Waals surface area contributed by atoms with Gasteiger partial charge < -0.3 is 25.4 Å². The summed E-state index contributed by atoms with van der Waals surface area (Å²) >= 11 is 0. The molecule has 0 bridgehead atoms. The van der Waals surface area contributed by atoms with Gasteiger partial charge in [0.1, 0.15) is 24.9 Å². The first-order valence-corrected chi connectivity index (χ1v) is 7.32. The molecule has 0 aromatic carbocycles. The molecule has 1 saturated heterocycles. The lowest BCUT2D eigenvalue weighted by Crippen LogP contribution is -2.34. The molecule has 11 nitrogen and oxygen atoms in total. The van der Waals surface area contributed by atoms with Gasteiger partial charge in [0.2, 0.25) is 5.95 Å². The van der Waals surface area contributed by atoms with Crippen LogP contribution in [0.25, 0.3) is 11.2 Å². The first-order chi connectivity index (χ1) is 11.4. The largest absolute Gasteiger partial charge is 0.463 e. The number of esters is 1. The van der Waals surface area contributed by atoms with Crippen molar-refractivity contribution in [3.05, 3.63) is 16.7 Å². The number of nitrogens with one attached hydrogen (secondary N) is 1. The molecule has 24 heavy (non-hydrogen) atoms. The maximum Gasteiger partial charge on any atom is 0.305 e. The molecular formula is C13H17N5O6. The van der Waals surface area contributed by atoms with Gasteiger partial charge in [-0.3, -0.25) is 19.1 Å². The van der Waals surface area contributed by atoms with Crippen molar-refractivity contribution in [3.8, 4) is 0 Å². The molecule has 2 aromatic heterocycles. The molecule has 1 fully saturated rings. The topological polar surface area (TPSA) is 166 Å². The van der Waals surface area contributed by atoms with Gasteiger partial charge in [0.15, 0.2) is 17.4 Å². The van der Waals surface area contributed by atoms with E-state index in [0.29, 0.717) is 0 Å². The predicted molar refractivity (Wildman–Crippen MR) is 79.7 cm³/mol. The van der Waals surface area contributed by atoms with E-state index in [0.717, 1.165) is 0 Å². The van der Waals surface area contributed by atoms with Crippen LogP contribution in [0, 0.1) is 0 Å². The average molecular weight is 339 g/mol. The van der Waals surface area contributed by atoms with Crippen LogP contribution in [0.2, 0.25) is 0 Å². The van der Waals surface area contributed by atoms with Crippen LogP contribution < -0.4 is 11.3 Å². The van der Waals surface area contributed by atoms with E-state index in [1.54, 1.807) is 6.92 Å². The zero-order valence-corrected chi connectivity index (χ0v) is 12.7. The predicted octanol–water partition coefficient (Wildman–Crippen LogP) is -1.73. The summed E-state index contributed by atoms with van der Waals surface area (Å²) in [4.78, 5) is 33.2. The number of aliphatic hydroxyl groups excluding tert-OH is 2. The summed E-state index contributed by atoms with van der Waals surface area (Å²) in [5, 5.41) is 20.3. The SMILES string of the molecule is CCC(=O)OC[C@H]1O[C@@H](n2cnc3c(=O)[nH]c(N)nc32)[C@H](O)[C@@H]1O. The van der Waals surface area contributed by atoms with Crippen molar-refractivity contribution in [2.45, 2.75) is 37.9 Å². The fourth-order valence-electron chi connectivity index (χ4n) is 2.50. The molecule has 0 aliphatic carbocycles.